The number of likely N-dealkylation sites (tertiary alicyclic amines) is 1. The van der Waals surface area contributed by atoms with Crippen molar-refractivity contribution in [1.29, 1.82) is 0 Å². The van der Waals surface area contributed by atoms with Crippen LogP contribution in [0.4, 0.5) is 0 Å². The van der Waals surface area contributed by atoms with Gasteiger partial charge in [-0.05, 0) is 65.5 Å². The molecule has 0 saturated carbocycles. The molecule has 0 bridgehead atoms. The summed E-state index contributed by atoms with van der Waals surface area (Å²) in [5, 5.41) is 0. The number of hydrogen-bond donors (Lipinski definition) is 0. The fourth-order valence-electron chi connectivity index (χ4n) is 3.16. The van der Waals surface area contributed by atoms with Crippen LogP contribution in [-0.4, -0.2) is 46.8 Å². The van der Waals surface area contributed by atoms with Gasteiger partial charge in [0, 0.05) is 25.2 Å². The van der Waals surface area contributed by atoms with E-state index in [4.69, 9.17) is 4.74 Å². The van der Waals surface area contributed by atoms with Crippen molar-refractivity contribution in [2.24, 2.45) is 5.92 Å². The van der Waals surface area contributed by atoms with Gasteiger partial charge in [0.25, 0.3) is 11.8 Å². The Balaban J connectivity index is 1.89. The molecule has 2 heterocycles. The molecule has 2 aliphatic rings. The molecule has 0 aromatic carbocycles. The standard InChI is InChI=1S/C20H30N2O3/c1-15(19(24)22-11-7-6-8-18(22)23)14-17-9-12-21(13-10-17)16(2)25-20(3,4)5/h6,8,14,17H,2,7,9-13H2,1,3-5H3/b15-14-. The second-order valence-corrected chi connectivity index (χ2v) is 7.77. The molecule has 5 nitrogen and oxygen atoms in total. The first-order valence-electron chi connectivity index (χ1n) is 9.01. The van der Waals surface area contributed by atoms with Crippen LogP contribution >= 0.6 is 0 Å². The topological polar surface area (TPSA) is 49.9 Å². The van der Waals surface area contributed by atoms with Crippen LogP contribution in [0.15, 0.2) is 36.3 Å². The Morgan fingerprint density at radius 3 is 2.48 bits per heavy atom. The lowest BCUT2D eigenvalue weighted by atomic mass is 9.94. The van der Waals surface area contributed by atoms with E-state index in [1.807, 2.05) is 39.8 Å². The molecule has 1 saturated heterocycles. The van der Waals surface area contributed by atoms with Crippen LogP contribution in [-0.2, 0) is 14.3 Å². The predicted molar refractivity (Wildman–Crippen MR) is 98.5 cm³/mol. The fraction of sp³-hybridized carbons (Fsp3) is 0.600. The molecule has 0 aliphatic carbocycles. The monoisotopic (exact) mass is 346 g/mol. The van der Waals surface area contributed by atoms with Crippen molar-refractivity contribution in [2.45, 2.75) is 52.6 Å². The Morgan fingerprint density at radius 2 is 1.92 bits per heavy atom. The number of carbonyl (C=O) groups excluding carboxylic acids is 2. The van der Waals surface area contributed by atoms with Crippen LogP contribution in [0.5, 0.6) is 0 Å². The van der Waals surface area contributed by atoms with E-state index in [0.29, 0.717) is 23.9 Å². The maximum absolute atomic E-state index is 12.5. The zero-order valence-corrected chi connectivity index (χ0v) is 15.9. The van der Waals surface area contributed by atoms with Gasteiger partial charge in [-0.15, -0.1) is 0 Å². The van der Waals surface area contributed by atoms with Gasteiger partial charge in [0.05, 0.1) is 0 Å². The number of nitrogens with zero attached hydrogens (tertiary/aromatic N) is 2. The molecule has 0 unspecified atom stereocenters. The minimum absolute atomic E-state index is 0.169. The number of rotatable bonds is 4. The summed E-state index contributed by atoms with van der Waals surface area (Å²) in [6.45, 7) is 14.1. The lowest BCUT2D eigenvalue weighted by Crippen LogP contribution is -2.39. The number of amides is 2. The molecular formula is C20H30N2O3. The fourth-order valence-corrected chi connectivity index (χ4v) is 3.16. The average molecular weight is 346 g/mol. The summed E-state index contributed by atoms with van der Waals surface area (Å²) >= 11 is 0. The Hall–Kier alpha value is -2.04. The summed E-state index contributed by atoms with van der Waals surface area (Å²) in [5.74, 6) is 0.679. The molecule has 0 aromatic rings. The molecule has 0 atom stereocenters. The molecule has 1 fully saturated rings. The van der Waals surface area contributed by atoms with Crippen LogP contribution in [0.25, 0.3) is 0 Å². The highest BCUT2D eigenvalue weighted by atomic mass is 16.5. The minimum Gasteiger partial charge on any atom is -0.474 e. The van der Waals surface area contributed by atoms with Gasteiger partial charge in [0.15, 0.2) is 5.88 Å². The van der Waals surface area contributed by atoms with E-state index in [2.05, 4.69) is 11.5 Å². The molecule has 2 rings (SSSR count). The van der Waals surface area contributed by atoms with E-state index in [9.17, 15) is 9.59 Å². The molecule has 138 valence electrons. The third kappa shape index (κ3) is 5.48. The Bertz CT molecular complexity index is 591. The number of allylic oxidation sites excluding steroid dienone is 1. The quantitative estimate of drug-likeness (QED) is 0.579. The Labute approximate surface area is 151 Å². The van der Waals surface area contributed by atoms with E-state index in [1.165, 1.54) is 11.0 Å². The van der Waals surface area contributed by atoms with Crippen molar-refractivity contribution in [1.82, 2.24) is 9.80 Å². The van der Waals surface area contributed by atoms with Crippen LogP contribution in [0, 0.1) is 5.92 Å². The van der Waals surface area contributed by atoms with Gasteiger partial charge in [0.1, 0.15) is 5.60 Å². The van der Waals surface area contributed by atoms with Crippen molar-refractivity contribution in [3.05, 3.63) is 36.3 Å². The van der Waals surface area contributed by atoms with E-state index in [0.717, 1.165) is 32.4 Å². The molecular weight excluding hydrogens is 316 g/mol. The van der Waals surface area contributed by atoms with Gasteiger partial charge in [-0.3, -0.25) is 14.5 Å². The highest BCUT2D eigenvalue weighted by Gasteiger charge is 2.25. The first-order valence-corrected chi connectivity index (χ1v) is 9.01. The molecule has 5 heteroatoms. The van der Waals surface area contributed by atoms with Crippen molar-refractivity contribution < 1.29 is 14.3 Å². The minimum atomic E-state index is -0.244. The number of ether oxygens (including phenoxy) is 1. The summed E-state index contributed by atoms with van der Waals surface area (Å²) in [4.78, 5) is 27.8. The van der Waals surface area contributed by atoms with Gasteiger partial charge in [-0.1, -0.05) is 12.2 Å². The molecule has 0 spiro atoms. The first kappa shape index (κ1) is 19.3. The molecule has 2 amide bonds. The van der Waals surface area contributed by atoms with Gasteiger partial charge in [0.2, 0.25) is 0 Å². The zero-order chi connectivity index (χ0) is 18.6. The number of imide groups is 1. The largest absolute Gasteiger partial charge is 0.474 e. The van der Waals surface area contributed by atoms with Crippen molar-refractivity contribution >= 4 is 11.8 Å². The number of hydrogen-bond acceptors (Lipinski definition) is 4. The van der Waals surface area contributed by atoms with E-state index < -0.39 is 0 Å². The van der Waals surface area contributed by atoms with Crippen molar-refractivity contribution in [3.63, 3.8) is 0 Å². The number of piperidine rings is 1. The second kappa shape index (κ2) is 7.89. The average Bonchev–Trinajstić information content (AvgIpc) is 2.53. The molecule has 2 aliphatic heterocycles. The van der Waals surface area contributed by atoms with Crippen molar-refractivity contribution in [2.75, 3.05) is 19.6 Å². The Morgan fingerprint density at radius 1 is 1.28 bits per heavy atom. The molecule has 0 radical (unpaired) electrons. The highest BCUT2D eigenvalue weighted by Crippen LogP contribution is 2.25. The normalized spacial score (nSPS) is 20.0. The highest BCUT2D eigenvalue weighted by molar-refractivity contribution is 6.07. The van der Waals surface area contributed by atoms with Gasteiger partial charge in [-0.25, -0.2) is 0 Å². The van der Waals surface area contributed by atoms with Gasteiger partial charge < -0.3 is 9.64 Å². The van der Waals surface area contributed by atoms with Gasteiger partial charge in [-0.2, -0.15) is 0 Å². The first-order chi connectivity index (χ1) is 11.7. The third-order valence-corrected chi connectivity index (χ3v) is 4.43. The van der Waals surface area contributed by atoms with Gasteiger partial charge >= 0.3 is 0 Å². The second-order valence-electron chi connectivity index (χ2n) is 7.77. The number of carbonyl (C=O) groups is 2. The lowest BCUT2D eigenvalue weighted by Gasteiger charge is -2.36. The van der Waals surface area contributed by atoms with Crippen molar-refractivity contribution in [3.8, 4) is 0 Å². The van der Waals surface area contributed by atoms with Crippen LogP contribution in [0.2, 0.25) is 0 Å². The van der Waals surface area contributed by atoms with E-state index >= 15 is 0 Å². The van der Waals surface area contributed by atoms with Crippen LogP contribution in [0.1, 0.15) is 47.0 Å². The smallest absolute Gasteiger partial charge is 0.256 e. The summed E-state index contributed by atoms with van der Waals surface area (Å²) in [5.41, 5.74) is 0.415. The van der Waals surface area contributed by atoms with E-state index in [-0.39, 0.29) is 17.4 Å². The van der Waals surface area contributed by atoms with Crippen LogP contribution < -0.4 is 0 Å². The maximum Gasteiger partial charge on any atom is 0.256 e. The van der Waals surface area contributed by atoms with Crippen LogP contribution in [0.3, 0.4) is 0 Å². The molecule has 25 heavy (non-hydrogen) atoms. The molecule has 0 N–H and O–H groups in total. The SMILES string of the molecule is C=C(OC(C)(C)C)N1CCC(/C=C(/C)C(=O)N2CCC=CC2=O)CC1. The summed E-state index contributed by atoms with van der Waals surface area (Å²) < 4.78 is 5.83. The summed E-state index contributed by atoms with van der Waals surface area (Å²) in [6, 6.07) is 0. The summed E-state index contributed by atoms with van der Waals surface area (Å²) in [7, 11) is 0. The predicted octanol–water partition coefficient (Wildman–Crippen LogP) is 3.25. The lowest BCUT2D eigenvalue weighted by molar-refractivity contribution is -0.139. The summed E-state index contributed by atoms with van der Waals surface area (Å²) in [6.07, 6.45) is 7.95. The van der Waals surface area contributed by atoms with E-state index in [1.54, 1.807) is 0 Å². The third-order valence-electron chi connectivity index (χ3n) is 4.43. The Kier molecular flexibility index (Phi) is 6.09. The molecule has 0 aromatic heterocycles. The zero-order valence-electron chi connectivity index (χ0n) is 15.9. The maximum atomic E-state index is 12.5.